The second-order valence-electron chi connectivity index (χ2n) is 7.56. The fourth-order valence-corrected chi connectivity index (χ4v) is 5.32. The van der Waals surface area contributed by atoms with Crippen LogP contribution in [0.2, 0.25) is 0 Å². The SMILES string of the molecule is COc1ccc(CCSC)c(Nc2nc3ccccc3nc2NS(=O)(=O)c2c(C)noc2C)c1. The van der Waals surface area contributed by atoms with Crippen LogP contribution in [0.15, 0.2) is 51.9 Å². The molecule has 0 spiro atoms. The van der Waals surface area contributed by atoms with Crippen molar-refractivity contribution < 1.29 is 17.7 Å². The maximum atomic E-state index is 13.2. The first-order chi connectivity index (χ1) is 16.3. The summed E-state index contributed by atoms with van der Waals surface area (Å²) in [6, 6.07) is 13.0. The van der Waals surface area contributed by atoms with Gasteiger partial charge in [-0.25, -0.2) is 18.4 Å². The van der Waals surface area contributed by atoms with Crippen molar-refractivity contribution in [3.63, 3.8) is 0 Å². The molecule has 178 valence electrons. The second kappa shape index (κ2) is 9.90. The summed E-state index contributed by atoms with van der Waals surface area (Å²) in [5.74, 6) is 2.13. The number of methoxy groups -OCH3 is 1. The van der Waals surface area contributed by atoms with Crippen molar-refractivity contribution in [2.24, 2.45) is 0 Å². The first-order valence-corrected chi connectivity index (χ1v) is 13.4. The van der Waals surface area contributed by atoms with Crippen molar-refractivity contribution in [1.29, 1.82) is 0 Å². The van der Waals surface area contributed by atoms with Crippen molar-refractivity contribution in [3.05, 3.63) is 59.5 Å². The first-order valence-electron chi connectivity index (χ1n) is 10.5. The van der Waals surface area contributed by atoms with Crippen molar-refractivity contribution in [2.45, 2.75) is 25.2 Å². The molecule has 2 aromatic carbocycles. The Balaban J connectivity index is 1.81. The number of hydrogen-bond donors (Lipinski definition) is 2. The minimum atomic E-state index is -4.03. The highest BCUT2D eigenvalue weighted by atomic mass is 32.2. The molecule has 2 heterocycles. The molecule has 0 aliphatic rings. The number of para-hydroxylation sites is 2. The number of benzene rings is 2. The maximum absolute atomic E-state index is 13.2. The molecule has 0 aliphatic carbocycles. The number of sulfonamides is 1. The summed E-state index contributed by atoms with van der Waals surface area (Å²) in [6.07, 6.45) is 2.86. The molecule has 9 nitrogen and oxygen atoms in total. The van der Waals surface area contributed by atoms with E-state index in [2.05, 4.69) is 25.2 Å². The summed E-state index contributed by atoms with van der Waals surface area (Å²) in [5.41, 5.74) is 3.25. The molecule has 0 amide bonds. The highest BCUT2D eigenvalue weighted by Gasteiger charge is 2.26. The maximum Gasteiger partial charge on any atom is 0.268 e. The predicted octanol–water partition coefficient (Wildman–Crippen LogP) is 4.69. The van der Waals surface area contributed by atoms with Crippen LogP contribution >= 0.6 is 11.8 Å². The lowest BCUT2D eigenvalue weighted by molar-refractivity contribution is 0.390. The Hall–Kier alpha value is -3.31. The van der Waals surface area contributed by atoms with Crippen molar-refractivity contribution in [3.8, 4) is 5.75 Å². The van der Waals surface area contributed by atoms with Crippen LogP contribution in [-0.2, 0) is 16.4 Å². The quantitative estimate of drug-likeness (QED) is 0.338. The molecule has 0 bridgehead atoms. The van der Waals surface area contributed by atoms with Crippen LogP contribution in [0, 0.1) is 13.8 Å². The van der Waals surface area contributed by atoms with Gasteiger partial charge < -0.3 is 14.6 Å². The zero-order valence-corrected chi connectivity index (χ0v) is 20.9. The Morgan fingerprint density at radius 3 is 2.38 bits per heavy atom. The minimum absolute atomic E-state index is 0.0181. The van der Waals surface area contributed by atoms with Gasteiger partial charge in [-0.1, -0.05) is 23.4 Å². The number of thioether (sulfide) groups is 1. The average molecular weight is 500 g/mol. The summed E-state index contributed by atoms with van der Waals surface area (Å²) >= 11 is 1.74. The monoisotopic (exact) mass is 499 g/mol. The van der Waals surface area contributed by atoms with E-state index in [1.165, 1.54) is 0 Å². The lowest BCUT2D eigenvalue weighted by atomic mass is 10.1. The van der Waals surface area contributed by atoms with Crippen LogP contribution < -0.4 is 14.8 Å². The van der Waals surface area contributed by atoms with Crippen molar-refractivity contribution >= 4 is 50.1 Å². The largest absolute Gasteiger partial charge is 0.497 e. The molecule has 0 aliphatic heterocycles. The highest BCUT2D eigenvalue weighted by molar-refractivity contribution is 7.98. The molecule has 34 heavy (non-hydrogen) atoms. The van der Waals surface area contributed by atoms with Crippen LogP contribution in [0.3, 0.4) is 0 Å². The predicted molar refractivity (Wildman–Crippen MR) is 135 cm³/mol. The van der Waals surface area contributed by atoms with Gasteiger partial charge in [0.15, 0.2) is 22.3 Å². The van der Waals surface area contributed by atoms with Gasteiger partial charge in [0, 0.05) is 11.8 Å². The Bertz CT molecular complexity index is 1420. The van der Waals surface area contributed by atoms with Gasteiger partial charge in [0.1, 0.15) is 11.4 Å². The van der Waals surface area contributed by atoms with Crippen LogP contribution in [-0.4, -0.2) is 42.7 Å². The lowest BCUT2D eigenvalue weighted by Gasteiger charge is -2.16. The third-order valence-corrected chi connectivity index (χ3v) is 7.38. The normalized spacial score (nSPS) is 11.5. The van der Waals surface area contributed by atoms with E-state index in [0.717, 1.165) is 23.4 Å². The van der Waals surface area contributed by atoms with Gasteiger partial charge in [0.05, 0.1) is 18.1 Å². The average Bonchev–Trinajstić information content (AvgIpc) is 3.17. The van der Waals surface area contributed by atoms with E-state index < -0.39 is 10.0 Å². The number of aromatic nitrogens is 3. The number of ether oxygens (including phenoxy) is 1. The number of fused-ring (bicyclic) bond motifs is 1. The van der Waals surface area contributed by atoms with Crippen LogP contribution in [0.5, 0.6) is 5.75 Å². The highest BCUT2D eigenvalue weighted by Crippen LogP contribution is 2.32. The van der Waals surface area contributed by atoms with Gasteiger partial charge in [-0.3, -0.25) is 4.72 Å². The smallest absolute Gasteiger partial charge is 0.268 e. The minimum Gasteiger partial charge on any atom is -0.497 e. The van der Waals surface area contributed by atoms with E-state index >= 15 is 0 Å². The van der Waals surface area contributed by atoms with E-state index in [-0.39, 0.29) is 28.0 Å². The summed E-state index contributed by atoms with van der Waals surface area (Å²) in [4.78, 5) is 9.21. The zero-order chi connectivity index (χ0) is 24.3. The number of nitrogens with zero attached hydrogens (tertiary/aromatic N) is 3. The second-order valence-corrected chi connectivity index (χ2v) is 10.2. The van der Waals surface area contributed by atoms with Crippen LogP contribution in [0.25, 0.3) is 11.0 Å². The van der Waals surface area contributed by atoms with E-state index in [4.69, 9.17) is 9.26 Å². The Labute approximate surface area is 202 Å². The zero-order valence-electron chi connectivity index (χ0n) is 19.2. The van der Waals surface area contributed by atoms with Gasteiger partial charge in [-0.2, -0.15) is 11.8 Å². The molecule has 2 aromatic heterocycles. The molecule has 4 rings (SSSR count). The fourth-order valence-electron chi connectivity index (χ4n) is 3.55. The molecule has 0 saturated carbocycles. The number of nitrogens with one attached hydrogen (secondary N) is 2. The Morgan fingerprint density at radius 1 is 1.06 bits per heavy atom. The van der Waals surface area contributed by atoms with Crippen molar-refractivity contribution in [1.82, 2.24) is 15.1 Å². The van der Waals surface area contributed by atoms with E-state index in [9.17, 15) is 8.42 Å². The van der Waals surface area contributed by atoms with Gasteiger partial charge in [0.25, 0.3) is 10.0 Å². The molecule has 0 atom stereocenters. The van der Waals surface area contributed by atoms with E-state index in [1.807, 2.05) is 42.7 Å². The molecular weight excluding hydrogens is 474 g/mol. The standard InChI is InChI=1S/C23H25N5O4S2/c1-14-21(15(2)32-27-14)34(29,30)28-23-22(24-18-7-5-6-8-19(18)25-23)26-20-13-17(31-3)10-9-16(20)11-12-33-4/h5-10,13H,11-12H2,1-4H3,(H,24,26)(H,25,28). The van der Waals surface area contributed by atoms with Crippen LogP contribution in [0.1, 0.15) is 17.0 Å². The van der Waals surface area contributed by atoms with Gasteiger partial charge in [0.2, 0.25) is 0 Å². The Morgan fingerprint density at radius 2 is 1.76 bits per heavy atom. The summed E-state index contributed by atoms with van der Waals surface area (Å²) in [6.45, 7) is 3.12. The molecule has 0 radical (unpaired) electrons. The summed E-state index contributed by atoms with van der Waals surface area (Å²) in [7, 11) is -2.43. The molecule has 2 N–H and O–H groups in total. The molecule has 0 saturated heterocycles. The van der Waals surface area contributed by atoms with Gasteiger partial charge in [-0.15, -0.1) is 0 Å². The van der Waals surface area contributed by atoms with E-state index in [0.29, 0.717) is 16.8 Å². The summed E-state index contributed by atoms with van der Waals surface area (Å²) < 4.78 is 39.5. The van der Waals surface area contributed by atoms with Gasteiger partial charge >= 0.3 is 0 Å². The molecule has 0 unspecified atom stereocenters. The number of rotatable bonds is 9. The molecular formula is C23H25N5O4S2. The summed E-state index contributed by atoms with van der Waals surface area (Å²) in [5, 5.41) is 7.05. The Kier molecular flexibility index (Phi) is 6.94. The third kappa shape index (κ3) is 4.95. The topological polar surface area (TPSA) is 119 Å². The lowest BCUT2D eigenvalue weighted by Crippen LogP contribution is -2.17. The van der Waals surface area contributed by atoms with Gasteiger partial charge in [-0.05, 0) is 56.0 Å². The fraction of sp³-hybridized carbons (Fsp3) is 0.261. The molecule has 4 aromatic rings. The van der Waals surface area contributed by atoms with E-state index in [1.54, 1.807) is 38.8 Å². The van der Waals surface area contributed by atoms with Crippen LogP contribution in [0.4, 0.5) is 17.3 Å². The number of aryl methyl sites for hydroxylation is 3. The molecule has 11 heteroatoms. The number of hydrogen-bond acceptors (Lipinski definition) is 9. The number of anilines is 3. The third-order valence-electron chi connectivity index (χ3n) is 5.18. The molecule has 0 fully saturated rings. The van der Waals surface area contributed by atoms with Crippen molar-refractivity contribution in [2.75, 3.05) is 29.2 Å². The first kappa shape index (κ1) is 23.8.